The molecule has 5 rings (SSSR count). The lowest BCUT2D eigenvalue weighted by atomic mass is 10.1. The molecule has 1 saturated carbocycles. The molecule has 0 radical (unpaired) electrons. The standard InChI is InChI=1S/C23H29BrN6O/c1-3-28-21(31)19-20(29-12-6-11-25-23(28)29)27-22(26-17-7-4-5-8-17)30(19)14-16-10-9-15(2)18(24)13-16/h9-10,13,17H,3-8,11-12,14H2,1-2H3,(H,26,27). The van der Waals surface area contributed by atoms with Gasteiger partial charge < -0.3 is 5.32 Å². The van der Waals surface area contributed by atoms with Crippen LogP contribution in [0.4, 0.5) is 11.8 Å². The van der Waals surface area contributed by atoms with Gasteiger partial charge in [-0.25, -0.2) is 0 Å². The molecular formula is C23H29BrN6O. The lowest BCUT2D eigenvalue weighted by molar-refractivity contribution is 0.0834. The van der Waals surface area contributed by atoms with E-state index >= 15 is 0 Å². The molecule has 1 N–H and O–H groups in total. The van der Waals surface area contributed by atoms with Crippen LogP contribution >= 0.6 is 15.9 Å². The first-order valence-corrected chi connectivity index (χ1v) is 12.1. The predicted molar refractivity (Wildman–Crippen MR) is 127 cm³/mol. The van der Waals surface area contributed by atoms with Crippen molar-refractivity contribution >= 4 is 39.6 Å². The van der Waals surface area contributed by atoms with Crippen LogP contribution < -0.4 is 10.2 Å². The van der Waals surface area contributed by atoms with Crippen molar-refractivity contribution in [2.75, 3.05) is 29.9 Å². The summed E-state index contributed by atoms with van der Waals surface area (Å²) in [6.07, 6.45) is 5.76. The zero-order valence-corrected chi connectivity index (χ0v) is 19.8. The van der Waals surface area contributed by atoms with Gasteiger partial charge in [0.15, 0.2) is 11.5 Å². The molecule has 1 aromatic carbocycles. The fourth-order valence-electron chi connectivity index (χ4n) is 4.80. The Morgan fingerprint density at radius 2 is 2.03 bits per heavy atom. The highest BCUT2D eigenvalue weighted by Crippen LogP contribution is 2.34. The molecule has 3 aliphatic rings. The van der Waals surface area contributed by atoms with E-state index in [9.17, 15) is 4.79 Å². The van der Waals surface area contributed by atoms with Crippen LogP contribution in [0.15, 0.2) is 27.7 Å². The molecule has 7 nitrogen and oxygen atoms in total. The molecule has 1 amide bonds. The number of benzene rings is 1. The first kappa shape index (κ1) is 20.5. The monoisotopic (exact) mass is 484 g/mol. The van der Waals surface area contributed by atoms with Crippen LogP contribution in [0.25, 0.3) is 0 Å². The molecule has 1 fully saturated rings. The van der Waals surface area contributed by atoms with E-state index in [0.29, 0.717) is 24.8 Å². The van der Waals surface area contributed by atoms with Crippen molar-refractivity contribution in [3.05, 3.63) is 39.5 Å². The molecule has 1 aromatic heterocycles. The van der Waals surface area contributed by atoms with E-state index in [1.165, 1.54) is 18.4 Å². The van der Waals surface area contributed by atoms with Crippen molar-refractivity contribution in [1.29, 1.82) is 0 Å². The van der Waals surface area contributed by atoms with E-state index in [4.69, 9.17) is 4.98 Å². The number of hydrogen-bond donors (Lipinski definition) is 1. The van der Waals surface area contributed by atoms with Crippen LogP contribution in [0.5, 0.6) is 0 Å². The number of imidazole rings is 1. The third kappa shape index (κ3) is 3.64. The summed E-state index contributed by atoms with van der Waals surface area (Å²) >= 11 is 3.65. The van der Waals surface area contributed by atoms with E-state index in [1.54, 1.807) is 4.90 Å². The second kappa shape index (κ2) is 8.30. The number of guanidine groups is 1. The largest absolute Gasteiger partial charge is 0.353 e. The van der Waals surface area contributed by atoms with Gasteiger partial charge in [0.25, 0.3) is 5.91 Å². The number of carbonyl (C=O) groups excluding carboxylic acids is 1. The molecular weight excluding hydrogens is 456 g/mol. The highest BCUT2D eigenvalue weighted by Gasteiger charge is 2.40. The van der Waals surface area contributed by atoms with Gasteiger partial charge in [-0.2, -0.15) is 4.98 Å². The predicted octanol–water partition coefficient (Wildman–Crippen LogP) is 4.40. The number of hydrogen-bond acceptors (Lipinski definition) is 5. The Kier molecular flexibility index (Phi) is 5.50. The lowest BCUT2D eigenvalue weighted by Gasteiger charge is -2.38. The van der Waals surface area contributed by atoms with Gasteiger partial charge in [0.1, 0.15) is 0 Å². The van der Waals surface area contributed by atoms with Crippen LogP contribution in [0.1, 0.15) is 60.6 Å². The Morgan fingerprint density at radius 1 is 1.23 bits per heavy atom. The second-order valence-corrected chi connectivity index (χ2v) is 9.49. The molecule has 0 bridgehead atoms. The number of aryl methyl sites for hydroxylation is 1. The number of anilines is 2. The summed E-state index contributed by atoms with van der Waals surface area (Å²) in [7, 11) is 0. The summed E-state index contributed by atoms with van der Waals surface area (Å²) in [6.45, 7) is 6.88. The van der Waals surface area contributed by atoms with Crippen LogP contribution in [0.2, 0.25) is 0 Å². The van der Waals surface area contributed by atoms with E-state index in [0.717, 1.165) is 60.1 Å². The maximum atomic E-state index is 13.6. The molecule has 164 valence electrons. The number of halogens is 1. The van der Waals surface area contributed by atoms with E-state index in [1.807, 2.05) is 6.92 Å². The maximum absolute atomic E-state index is 13.6. The zero-order chi connectivity index (χ0) is 21.5. The number of nitrogens with one attached hydrogen (secondary N) is 1. The average Bonchev–Trinajstić information content (AvgIpc) is 3.40. The molecule has 0 spiro atoms. The highest BCUT2D eigenvalue weighted by atomic mass is 79.9. The Morgan fingerprint density at radius 3 is 2.77 bits per heavy atom. The number of nitrogens with zero attached hydrogens (tertiary/aromatic N) is 5. The number of fused-ring (bicyclic) bond motifs is 3. The lowest BCUT2D eigenvalue weighted by Crippen LogP contribution is -2.54. The van der Waals surface area contributed by atoms with Crippen LogP contribution in [0.3, 0.4) is 0 Å². The van der Waals surface area contributed by atoms with Gasteiger partial charge in [0, 0.05) is 30.1 Å². The SMILES string of the molecule is CCN1C(=O)c2c(nc(NC3CCCC3)n2Cc2ccc(C)c(Br)c2)N2CCCN=C12. The first-order chi connectivity index (χ1) is 15.1. The third-order valence-corrected chi connectivity index (χ3v) is 7.36. The Balaban J connectivity index is 1.61. The highest BCUT2D eigenvalue weighted by molar-refractivity contribution is 9.10. The van der Waals surface area contributed by atoms with Crippen molar-refractivity contribution in [3.8, 4) is 0 Å². The van der Waals surface area contributed by atoms with Crippen LogP contribution in [0, 0.1) is 6.92 Å². The number of carbonyl (C=O) groups is 1. The third-order valence-electron chi connectivity index (χ3n) is 6.51. The summed E-state index contributed by atoms with van der Waals surface area (Å²) in [5.41, 5.74) is 3.00. The molecule has 3 heterocycles. The molecule has 2 aromatic rings. The summed E-state index contributed by atoms with van der Waals surface area (Å²) in [4.78, 5) is 27.2. The number of rotatable bonds is 5. The molecule has 1 aliphatic carbocycles. The fraction of sp³-hybridized carbons (Fsp3) is 0.522. The molecule has 0 unspecified atom stereocenters. The van der Waals surface area contributed by atoms with E-state index in [2.05, 4.69) is 60.8 Å². The Bertz CT molecular complexity index is 1040. The minimum atomic E-state index is -0.00690. The summed E-state index contributed by atoms with van der Waals surface area (Å²) in [5.74, 6) is 2.29. The minimum Gasteiger partial charge on any atom is -0.353 e. The van der Waals surface area contributed by atoms with Gasteiger partial charge in [-0.15, -0.1) is 0 Å². The van der Waals surface area contributed by atoms with Gasteiger partial charge in [-0.3, -0.25) is 24.2 Å². The van der Waals surface area contributed by atoms with Crippen molar-refractivity contribution in [2.45, 2.75) is 58.5 Å². The van der Waals surface area contributed by atoms with Crippen LogP contribution in [-0.4, -0.2) is 52.0 Å². The van der Waals surface area contributed by atoms with Gasteiger partial charge in [0.2, 0.25) is 11.9 Å². The molecule has 0 atom stereocenters. The van der Waals surface area contributed by atoms with Gasteiger partial charge in [-0.1, -0.05) is 40.9 Å². The van der Waals surface area contributed by atoms with Crippen molar-refractivity contribution in [1.82, 2.24) is 14.5 Å². The topological polar surface area (TPSA) is 65.8 Å². The quantitative estimate of drug-likeness (QED) is 0.682. The maximum Gasteiger partial charge on any atom is 0.281 e. The second-order valence-electron chi connectivity index (χ2n) is 8.64. The summed E-state index contributed by atoms with van der Waals surface area (Å²) < 4.78 is 3.16. The minimum absolute atomic E-state index is 0.00690. The zero-order valence-electron chi connectivity index (χ0n) is 18.2. The van der Waals surface area contributed by atoms with Gasteiger partial charge in [-0.05, 0) is 50.3 Å². The fourth-order valence-corrected chi connectivity index (χ4v) is 5.23. The number of aliphatic imine (C=N–C) groups is 1. The molecule has 2 aliphatic heterocycles. The summed E-state index contributed by atoms with van der Waals surface area (Å²) in [6, 6.07) is 6.80. The van der Waals surface area contributed by atoms with Crippen molar-refractivity contribution in [2.24, 2.45) is 4.99 Å². The van der Waals surface area contributed by atoms with Crippen LogP contribution in [-0.2, 0) is 6.54 Å². The molecule has 8 heteroatoms. The smallest absolute Gasteiger partial charge is 0.281 e. The van der Waals surface area contributed by atoms with Gasteiger partial charge >= 0.3 is 0 Å². The van der Waals surface area contributed by atoms with Crippen molar-refractivity contribution < 1.29 is 4.79 Å². The van der Waals surface area contributed by atoms with E-state index < -0.39 is 0 Å². The average molecular weight is 485 g/mol. The molecule has 0 saturated heterocycles. The van der Waals surface area contributed by atoms with E-state index in [-0.39, 0.29) is 5.91 Å². The number of aromatic nitrogens is 2. The summed E-state index contributed by atoms with van der Waals surface area (Å²) in [5, 5.41) is 3.66. The van der Waals surface area contributed by atoms with Crippen molar-refractivity contribution in [3.63, 3.8) is 0 Å². The molecule has 31 heavy (non-hydrogen) atoms. The van der Waals surface area contributed by atoms with Gasteiger partial charge in [0.05, 0.1) is 6.54 Å². The Labute approximate surface area is 191 Å². The normalized spacial score (nSPS) is 18.8. The first-order valence-electron chi connectivity index (χ1n) is 11.3. The Hall–Kier alpha value is -2.35. The number of amides is 1.